The van der Waals surface area contributed by atoms with E-state index in [9.17, 15) is 0 Å². The fourth-order valence-corrected chi connectivity index (χ4v) is 9.43. The van der Waals surface area contributed by atoms with Crippen molar-refractivity contribution in [2.45, 2.75) is 111 Å². The van der Waals surface area contributed by atoms with Crippen LogP contribution >= 0.6 is 0 Å². The van der Waals surface area contributed by atoms with Gasteiger partial charge < -0.3 is 4.74 Å². The molecule has 29 heavy (non-hydrogen) atoms. The minimum Gasteiger partial charge on any atom is -0.504 e. The van der Waals surface area contributed by atoms with Crippen LogP contribution in [-0.2, 0) is 4.74 Å². The summed E-state index contributed by atoms with van der Waals surface area (Å²) in [5, 5.41) is 0. The van der Waals surface area contributed by atoms with Crippen LogP contribution in [0.3, 0.4) is 0 Å². The van der Waals surface area contributed by atoms with Gasteiger partial charge in [0.15, 0.2) is 0 Å². The highest BCUT2D eigenvalue weighted by atomic mass is 16.5. The molecule has 0 aliphatic heterocycles. The molecule has 0 aromatic rings. The van der Waals surface area contributed by atoms with Gasteiger partial charge in [0.05, 0.1) is 13.4 Å². The minimum absolute atomic E-state index is 0.635. The first kappa shape index (κ1) is 21.8. The average molecular weight is 401 g/mol. The Hall–Kier alpha value is -0.460. The smallest absolute Gasteiger partial charge is 0.0813 e. The second-order valence-corrected chi connectivity index (χ2v) is 12.2. The maximum Gasteiger partial charge on any atom is 0.0813 e. The number of hydrogen-bond donors (Lipinski definition) is 0. The van der Waals surface area contributed by atoms with Crippen LogP contribution < -0.4 is 0 Å². The summed E-state index contributed by atoms with van der Waals surface area (Å²) in [5.74, 6) is 6.05. The first-order valence-electron chi connectivity index (χ1n) is 13.1. The molecule has 166 valence electrons. The zero-order chi connectivity index (χ0) is 20.6. The molecule has 4 fully saturated rings. The maximum atomic E-state index is 5.18. The summed E-state index contributed by atoms with van der Waals surface area (Å²) < 4.78 is 5.18. The first-order chi connectivity index (χ1) is 13.9. The highest BCUT2D eigenvalue weighted by molar-refractivity contribution is 5.09. The Morgan fingerprint density at radius 2 is 1.76 bits per heavy atom. The summed E-state index contributed by atoms with van der Waals surface area (Å²) in [4.78, 5) is 0. The lowest BCUT2D eigenvalue weighted by atomic mass is 9.44. The molecule has 0 N–H and O–H groups in total. The highest BCUT2D eigenvalue weighted by Crippen LogP contribution is 2.68. The summed E-state index contributed by atoms with van der Waals surface area (Å²) in [6.45, 7) is 10.2. The third-order valence-electron chi connectivity index (χ3n) is 10.9. The second kappa shape index (κ2) is 8.58. The Morgan fingerprint density at radius 1 is 0.966 bits per heavy atom. The largest absolute Gasteiger partial charge is 0.504 e. The van der Waals surface area contributed by atoms with E-state index in [1.54, 1.807) is 26.4 Å². The molecule has 0 radical (unpaired) electrons. The molecule has 4 aliphatic carbocycles. The topological polar surface area (TPSA) is 9.23 Å². The standard InChI is InChI=1S/C28H48O/c1-20(19-29-5)9-8-10-21(2)24-14-15-25-23-13-12-22-11-6-7-17-27(22,3)26(23)16-18-28(24,25)4/h19,21-26H,6-18H2,1-5H3/t21-,22?,23+,24-,25+,26+,27+,28-/m1/s1. The molecule has 0 saturated heterocycles. The van der Waals surface area contributed by atoms with E-state index in [1.165, 1.54) is 69.8 Å². The van der Waals surface area contributed by atoms with Crippen molar-refractivity contribution in [3.8, 4) is 0 Å². The van der Waals surface area contributed by atoms with Crippen LogP contribution in [0.4, 0.5) is 0 Å². The van der Waals surface area contributed by atoms with Crippen LogP contribution in [-0.4, -0.2) is 7.11 Å². The van der Waals surface area contributed by atoms with Crippen LogP contribution in [0, 0.1) is 46.3 Å². The third kappa shape index (κ3) is 3.82. The van der Waals surface area contributed by atoms with Crippen molar-refractivity contribution in [1.82, 2.24) is 0 Å². The van der Waals surface area contributed by atoms with E-state index >= 15 is 0 Å². The zero-order valence-corrected chi connectivity index (χ0v) is 20.1. The summed E-state index contributed by atoms with van der Waals surface area (Å²) in [6, 6.07) is 0. The lowest BCUT2D eigenvalue weighted by Gasteiger charge is -2.61. The van der Waals surface area contributed by atoms with Crippen LogP contribution in [0.15, 0.2) is 11.8 Å². The average Bonchev–Trinajstić information content (AvgIpc) is 3.05. The number of allylic oxidation sites excluding steroid dienone is 1. The minimum atomic E-state index is 0.635. The quantitative estimate of drug-likeness (QED) is 0.407. The molecule has 4 aliphatic rings. The SMILES string of the molecule is COC=C(C)CCC[C@@H](C)[C@H]1CC[C@H]2[C@@H]3CCC4CCCC[C@]4(C)[C@H]3CC[C@]12C. The van der Waals surface area contributed by atoms with Crippen molar-refractivity contribution in [2.24, 2.45) is 46.3 Å². The van der Waals surface area contributed by atoms with Crippen LogP contribution in [0.25, 0.3) is 0 Å². The Balaban J connectivity index is 1.42. The normalized spacial score (nSPS) is 45.8. The first-order valence-corrected chi connectivity index (χ1v) is 13.1. The van der Waals surface area contributed by atoms with E-state index in [0.717, 1.165) is 35.5 Å². The van der Waals surface area contributed by atoms with Gasteiger partial charge in [-0.15, -0.1) is 0 Å². The van der Waals surface area contributed by atoms with Crippen molar-refractivity contribution in [3.63, 3.8) is 0 Å². The van der Waals surface area contributed by atoms with Gasteiger partial charge in [-0.3, -0.25) is 0 Å². The predicted molar refractivity (Wildman–Crippen MR) is 124 cm³/mol. The van der Waals surface area contributed by atoms with Crippen LogP contribution in [0.2, 0.25) is 0 Å². The molecule has 0 spiro atoms. The van der Waals surface area contributed by atoms with E-state index in [1.807, 2.05) is 6.26 Å². The Kier molecular flexibility index (Phi) is 6.44. The molecule has 4 saturated carbocycles. The Labute approximate surface area is 181 Å². The summed E-state index contributed by atoms with van der Waals surface area (Å²) >= 11 is 0. The fraction of sp³-hybridized carbons (Fsp3) is 0.929. The molecule has 8 atom stereocenters. The van der Waals surface area contributed by atoms with Gasteiger partial charge in [-0.2, -0.15) is 0 Å². The highest BCUT2D eigenvalue weighted by Gasteiger charge is 2.59. The Bertz CT molecular complexity index is 593. The van der Waals surface area contributed by atoms with Crippen molar-refractivity contribution >= 4 is 0 Å². The monoisotopic (exact) mass is 400 g/mol. The molecule has 0 aromatic carbocycles. The maximum absolute atomic E-state index is 5.18. The summed E-state index contributed by atoms with van der Waals surface area (Å²) in [5.41, 5.74) is 2.72. The number of ether oxygens (including phenoxy) is 1. The fourth-order valence-electron chi connectivity index (χ4n) is 9.43. The van der Waals surface area contributed by atoms with E-state index in [0.29, 0.717) is 10.8 Å². The lowest BCUT2D eigenvalue weighted by Crippen LogP contribution is -2.53. The molecule has 1 nitrogen and oxygen atoms in total. The molecule has 4 rings (SSSR count). The molecule has 1 heteroatoms. The third-order valence-corrected chi connectivity index (χ3v) is 10.9. The molecule has 0 bridgehead atoms. The van der Waals surface area contributed by atoms with E-state index < -0.39 is 0 Å². The second-order valence-electron chi connectivity index (χ2n) is 12.2. The van der Waals surface area contributed by atoms with E-state index in [4.69, 9.17) is 4.74 Å². The van der Waals surface area contributed by atoms with Crippen molar-refractivity contribution < 1.29 is 4.74 Å². The molecule has 0 amide bonds. The number of fused-ring (bicyclic) bond motifs is 5. The van der Waals surface area contributed by atoms with Gasteiger partial charge in [0.1, 0.15) is 0 Å². The molecule has 1 unspecified atom stereocenters. The molecular formula is C28H48O. The van der Waals surface area contributed by atoms with Crippen molar-refractivity contribution in [3.05, 3.63) is 11.8 Å². The lowest BCUT2D eigenvalue weighted by molar-refractivity contribution is -0.114. The van der Waals surface area contributed by atoms with E-state index in [-0.39, 0.29) is 0 Å². The van der Waals surface area contributed by atoms with Gasteiger partial charge in [0.2, 0.25) is 0 Å². The van der Waals surface area contributed by atoms with Crippen LogP contribution in [0.1, 0.15) is 111 Å². The van der Waals surface area contributed by atoms with Gasteiger partial charge in [-0.05, 0) is 123 Å². The van der Waals surface area contributed by atoms with Gasteiger partial charge in [-0.25, -0.2) is 0 Å². The zero-order valence-electron chi connectivity index (χ0n) is 20.1. The van der Waals surface area contributed by atoms with Crippen LogP contribution in [0.5, 0.6) is 0 Å². The summed E-state index contributed by atoms with van der Waals surface area (Å²) in [7, 11) is 1.77. The van der Waals surface area contributed by atoms with E-state index in [2.05, 4.69) is 27.7 Å². The molecular weight excluding hydrogens is 352 g/mol. The Morgan fingerprint density at radius 3 is 2.55 bits per heavy atom. The number of hydrogen-bond acceptors (Lipinski definition) is 1. The molecule has 0 aromatic heterocycles. The molecule has 0 heterocycles. The van der Waals surface area contributed by atoms with Gasteiger partial charge in [0.25, 0.3) is 0 Å². The van der Waals surface area contributed by atoms with Gasteiger partial charge in [0, 0.05) is 0 Å². The summed E-state index contributed by atoms with van der Waals surface area (Å²) in [6.07, 6.45) is 21.2. The number of methoxy groups -OCH3 is 1. The van der Waals surface area contributed by atoms with Gasteiger partial charge in [-0.1, -0.05) is 40.0 Å². The van der Waals surface area contributed by atoms with Crippen molar-refractivity contribution in [2.75, 3.05) is 7.11 Å². The number of rotatable bonds is 6. The van der Waals surface area contributed by atoms with Gasteiger partial charge >= 0.3 is 0 Å². The predicted octanol–water partition coefficient (Wildman–Crippen LogP) is 8.39. The van der Waals surface area contributed by atoms with Crippen molar-refractivity contribution in [1.29, 1.82) is 0 Å².